The van der Waals surface area contributed by atoms with Gasteiger partial charge in [0.2, 0.25) is 5.91 Å². The van der Waals surface area contributed by atoms with Crippen LogP contribution in [-0.2, 0) is 9.53 Å². The molecule has 0 fully saturated rings. The monoisotopic (exact) mass is 290 g/mol. The van der Waals surface area contributed by atoms with Crippen molar-refractivity contribution in [3.05, 3.63) is 34.9 Å². The number of ether oxygens (including phenoxy) is 1. The number of aliphatic hydroxyl groups is 1. The zero-order valence-corrected chi connectivity index (χ0v) is 11.8. The molecule has 6 heteroatoms. The molecule has 0 saturated heterocycles. The highest BCUT2D eigenvalue weighted by molar-refractivity contribution is 5.94. The summed E-state index contributed by atoms with van der Waals surface area (Å²) in [5.41, 5.74) is 6.96. The molecule has 0 heterocycles. The molecular formula is C15H18N2O4. The maximum Gasteiger partial charge on any atom is 0.251 e. The minimum atomic E-state index is -0.549. The first-order chi connectivity index (χ1) is 10.0. The lowest BCUT2D eigenvalue weighted by atomic mass is 10.1. The highest BCUT2D eigenvalue weighted by Crippen LogP contribution is 2.09. The molecular weight excluding hydrogens is 272 g/mol. The maximum atomic E-state index is 12.0. The van der Waals surface area contributed by atoms with Gasteiger partial charge in [0.1, 0.15) is 13.2 Å². The smallest absolute Gasteiger partial charge is 0.251 e. The average Bonchev–Trinajstić information content (AvgIpc) is 2.43. The Hall–Kier alpha value is -2.36. The van der Waals surface area contributed by atoms with Crippen molar-refractivity contribution in [2.45, 2.75) is 6.92 Å². The van der Waals surface area contributed by atoms with E-state index in [1.54, 1.807) is 12.1 Å². The van der Waals surface area contributed by atoms with E-state index >= 15 is 0 Å². The number of hydrogen-bond donors (Lipinski definition) is 3. The van der Waals surface area contributed by atoms with Gasteiger partial charge in [0.15, 0.2) is 0 Å². The average molecular weight is 290 g/mol. The molecule has 1 aromatic rings. The third-order valence-electron chi connectivity index (χ3n) is 2.43. The molecule has 2 amide bonds. The van der Waals surface area contributed by atoms with Crippen LogP contribution in [0.5, 0.6) is 0 Å². The molecule has 0 atom stereocenters. The molecule has 0 aliphatic heterocycles. The van der Waals surface area contributed by atoms with Crippen LogP contribution >= 0.6 is 0 Å². The van der Waals surface area contributed by atoms with E-state index in [2.05, 4.69) is 17.2 Å². The van der Waals surface area contributed by atoms with E-state index in [1.165, 1.54) is 0 Å². The third-order valence-corrected chi connectivity index (χ3v) is 2.43. The van der Waals surface area contributed by atoms with Gasteiger partial charge in [-0.15, -0.1) is 0 Å². The Morgan fingerprint density at radius 1 is 1.38 bits per heavy atom. The Balaban J connectivity index is 2.57. The summed E-state index contributed by atoms with van der Waals surface area (Å²) < 4.78 is 4.94. The van der Waals surface area contributed by atoms with Crippen molar-refractivity contribution in [2.24, 2.45) is 5.73 Å². The first kappa shape index (κ1) is 16.7. The second-order valence-electron chi connectivity index (χ2n) is 4.32. The van der Waals surface area contributed by atoms with Crippen LogP contribution in [0.4, 0.5) is 0 Å². The second kappa shape index (κ2) is 8.74. The Morgan fingerprint density at radius 2 is 2.14 bits per heavy atom. The Morgan fingerprint density at radius 3 is 2.81 bits per heavy atom. The number of amides is 2. The van der Waals surface area contributed by atoms with Crippen molar-refractivity contribution >= 4 is 11.8 Å². The molecule has 0 radical (unpaired) electrons. The standard InChI is InChI=1S/C15H18N2O4/c1-11-7-12(3-2-5-18)9-13(8-11)15(20)17-4-6-21-10-14(16)19/h7-9,18H,4-6,10H2,1H3,(H2,16,19)(H,17,20). The van der Waals surface area contributed by atoms with Crippen molar-refractivity contribution < 1.29 is 19.4 Å². The van der Waals surface area contributed by atoms with Crippen LogP contribution in [0.2, 0.25) is 0 Å². The fraction of sp³-hybridized carbons (Fsp3) is 0.333. The van der Waals surface area contributed by atoms with E-state index in [9.17, 15) is 9.59 Å². The minimum Gasteiger partial charge on any atom is -0.384 e. The molecule has 0 bridgehead atoms. The molecule has 0 unspecified atom stereocenters. The summed E-state index contributed by atoms with van der Waals surface area (Å²) in [6.45, 7) is 1.94. The quantitative estimate of drug-likeness (QED) is 0.489. The summed E-state index contributed by atoms with van der Waals surface area (Å²) in [5.74, 6) is 4.50. The molecule has 6 nitrogen and oxygen atoms in total. The number of aryl methyl sites for hydroxylation is 1. The summed E-state index contributed by atoms with van der Waals surface area (Å²) in [6, 6.07) is 5.22. The van der Waals surface area contributed by atoms with Crippen LogP contribution in [0.15, 0.2) is 18.2 Å². The summed E-state index contributed by atoms with van der Waals surface area (Å²) in [7, 11) is 0. The van der Waals surface area contributed by atoms with Crippen LogP contribution in [0.3, 0.4) is 0 Å². The predicted octanol–water partition coefficient (Wildman–Crippen LogP) is -0.429. The van der Waals surface area contributed by atoms with Crippen LogP contribution in [0.25, 0.3) is 0 Å². The molecule has 1 aromatic carbocycles. The number of benzene rings is 1. The largest absolute Gasteiger partial charge is 0.384 e. The summed E-state index contributed by atoms with van der Waals surface area (Å²) in [4.78, 5) is 22.4. The van der Waals surface area contributed by atoms with Crippen molar-refractivity contribution in [1.29, 1.82) is 0 Å². The zero-order chi connectivity index (χ0) is 15.7. The number of carbonyl (C=O) groups is 2. The minimum absolute atomic E-state index is 0.165. The first-order valence-electron chi connectivity index (χ1n) is 6.38. The van der Waals surface area contributed by atoms with E-state index in [-0.39, 0.29) is 32.3 Å². The molecule has 4 N–H and O–H groups in total. The van der Waals surface area contributed by atoms with Crippen LogP contribution in [0.1, 0.15) is 21.5 Å². The van der Waals surface area contributed by atoms with Crippen LogP contribution in [0, 0.1) is 18.8 Å². The SMILES string of the molecule is Cc1cc(C#CCO)cc(C(=O)NCCOCC(N)=O)c1. The molecule has 0 aliphatic carbocycles. The van der Waals surface area contributed by atoms with E-state index < -0.39 is 5.91 Å². The number of carbonyl (C=O) groups excluding carboxylic acids is 2. The van der Waals surface area contributed by atoms with E-state index in [0.29, 0.717) is 11.1 Å². The first-order valence-corrected chi connectivity index (χ1v) is 6.38. The van der Waals surface area contributed by atoms with Gasteiger partial charge in [-0.2, -0.15) is 0 Å². The number of nitrogens with two attached hydrogens (primary N) is 1. The number of primary amides is 1. The van der Waals surface area contributed by atoms with Gasteiger partial charge in [-0.1, -0.05) is 11.8 Å². The van der Waals surface area contributed by atoms with Crippen LogP contribution < -0.4 is 11.1 Å². The van der Waals surface area contributed by atoms with Crippen LogP contribution in [-0.4, -0.2) is 43.3 Å². The highest BCUT2D eigenvalue weighted by atomic mass is 16.5. The lowest BCUT2D eigenvalue weighted by Crippen LogP contribution is -2.28. The predicted molar refractivity (Wildman–Crippen MR) is 77.5 cm³/mol. The third kappa shape index (κ3) is 6.56. The van der Waals surface area contributed by atoms with Gasteiger partial charge in [0.05, 0.1) is 6.61 Å². The second-order valence-corrected chi connectivity index (χ2v) is 4.32. The topological polar surface area (TPSA) is 102 Å². The van der Waals surface area contributed by atoms with Crippen molar-refractivity contribution in [1.82, 2.24) is 5.32 Å². The van der Waals surface area contributed by atoms with Gasteiger partial charge in [0.25, 0.3) is 5.91 Å². The van der Waals surface area contributed by atoms with E-state index in [1.807, 2.05) is 13.0 Å². The number of aliphatic hydroxyl groups excluding tert-OH is 1. The maximum absolute atomic E-state index is 12.0. The Labute approximate surface area is 123 Å². The fourth-order valence-corrected chi connectivity index (χ4v) is 1.64. The van der Waals surface area contributed by atoms with Gasteiger partial charge < -0.3 is 20.9 Å². The van der Waals surface area contributed by atoms with Crippen molar-refractivity contribution in [2.75, 3.05) is 26.4 Å². The summed E-state index contributed by atoms with van der Waals surface area (Å²) in [5, 5.41) is 11.4. The molecule has 112 valence electrons. The lowest BCUT2D eigenvalue weighted by Gasteiger charge is -2.07. The van der Waals surface area contributed by atoms with E-state index in [4.69, 9.17) is 15.6 Å². The Bertz CT molecular complexity index is 573. The molecule has 21 heavy (non-hydrogen) atoms. The summed E-state index contributed by atoms with van der Waals surface area (Å²) in [6.07, 6.45) is 0. The molecule has 0 aromatic heterocycles. The number of nitrogens with one attached hydrogen (secondary N) is 1. The zero-order valence-electron chi connectivity index (χ0n) is 11.8. The number of rotatable bonds is 6. The molecule has 0 spiro atoms. The highest BCUT2D eigenvalue weighted by Gasteiger charge is 2.06. The number of hydrogen-bond acceptors (Lipinski definition) is 4. The van der Waals surface area contributed by atoms with Gasteiger partial charge in [0, 0.05) is 17.7 Å². The Kier molecular flexibility index (Phi) is 6.95. The van der Waals surface area contributed by atoms with Gasteiger partial charge >= 0.3 is 0 Å². The summed E-state index contributed by atoms with van der Waals surface area (Å²) >= 11 is 0. The van der Waals surface area contributed by atoms with Gasteiger partial charge in [-0.3, -0.25) is 9.59 Å². The normalized spacial score (nSPS) is 9.62. The fourth-order valence-electron chi connectivity index (χ4n) is 1.64. The molecule has 1 rings (SSSR count). The van der Waals surface area contributed by atoms with E-state index in [0.717, 1.165) is 5.56 Å². The van der Waals surface area contributed by atoms with Crippen molar-refractivity contribution in [3.63, 3.8) is 0 Å². The molecule has 0 aliphatic rings. The van der Waals surface area contributed by atoms with Gasteiger partial charge in [-0.25, -0.2) is 0 Å². The van der Waals surface area contributed by atoms with Crippen molar-refractivity contribution in [3.8, 4) is 11.8 Å². The van der Waals surface area contributed by atoms with Gasteiger partial charge in [-0.05, 0) is 30.7 Å². The lowest BCUT2D eigenvalue weighted by molar-refractivity contribution is -0.122. The molecule has 0 saturated carbocycles.